The number of carbonyl (C=O) groups is 11. The van der Waals surface area contributed by atoms with Crippen LogP contribution in [-0.4, -0.2) is 162 Å². The number of rotatable bonds is 29. The molecule has 34 heteroatoms. The molecule has 2 atom stereocenters. The molecule has 0 aliphatic rings. The van der Waals surface area contributed by atoms with Crippen molar-refractivity contribution in [2.45, 2.75) is 25.3 Å². The van der Waals surface area contributed by atoms with Crippen LogP contribution in [0, 0.1) is 0 Å². The molecule has 8 heterocycles. The predicted octanol–water partition coefficient (Wildman–Crippen LogP) is 1.22. The number of carboxylic acid groups (broad SMARTS) is 1. The Morgan fingerprint density at radius 3 is 1.19 bits per heavy atom. The zero-order valence-corrected chi connectivity index (χ0v) is 55.8. The van der Waals surface area contributed by atoms with E-state index in [1.165, 1.54) is 94.9 Å². The molecule has 0 aliphatic carbocycles. The van der Waals surface area contributed by atoms with Crippen molar-refractivity contribution < 1.29 is 68.5 Å². The van der Waals surface area contributed by atoms with Gasteiger partial charge < -0.3 is 105 Å². The maximum atomic E-state index is 13.6. The van der Waals surface area contributed by atoms with E-state index in [9.17, 15) is 57.8 Å². The molecular weight excluding hydrogens is 1280 g/mol. The molecule has 9 aromatic rings. The lowest BCUT2D eigenvalue weighted by atomic mass is 10.1. The van der Waals surface area contributed by atoms with E-state index in [-0.39, 0.29) is 87.5 Å². The van der Waals surface area contributed by atoms with Crippen LogP contribution in [-0.2, 0) is 61.2 Å². The van der Waals surface area contributed by atoms with Crippen LogP contribution in [0.25, 0.3) is 0 Å². The summed E-state index contributed by atoms with van der Waals surface area (Å²) in [5.74, 6) is -5.79. The number of aromatic nitrogens is 10. The molecule has 99 heavy (non-hydrogen) atoms. The monoisotopic (exact) mass is 1360 g/mol. The van der Waals surface area contributed by atoms with Crippen molar-refractivity contribution in [3.8, 4) is 0 Å². The summed E-state index contributed by atoms with van der Waals surface area (Å²) in [5.41, 5.74) is 7.52. The van der Waals surface area contributed by atoms with Crippen LogP contribution >= 0.6 is 0 Å². The highest BCUT2D eigenvalue weighted by Crippen LogP contribution is 2.23. The molecule has 15 N–H and O–H groups in total. The number of aromatic carboxylic acids is 1. The molecule has 8 aromatic heterocycles. The smallest absolute Gasteiger partial charge is 0.335 e. The minimum absolute atomic E-state index is 0.0393. The van der Waals surface area contributed by atoms with Crippen molar-refractivity contribution >= 4 is 105 Å². The van der Waals surface area contributed by atoms with E-state index in [0.29, 0.717) is 60.1 Å². The fraction of sp³-hybridized carbons (Fsp3) is 0.277. The summed E-state index contributed by atoms with van der Waals surface area (Å²) in [7, 11) is 15.1. The van der Waals surface area contributed by atoms with Crippen LogP contribution in [0.2, 0.25) is 0 Å². The number of hydrogen-bond acceptors (Lipinski definition) is 13. The second kappa shape index (κ2) is 30.9. The van der Waals surface area contributed by atoms with Crippen LogP contribution < -0.4 is 63.8 Å². The number of amides is 10. The maximum absolute atomic E-state index is 13.6. The van der Waals surface area contributed by atoms with Gasteiger partial charge in [0.05, 0.1) is 59.8 Å². The zero-order valence-electron chi connectivity index (χ0n) is 55.8. The van der Waals surface area contributed by atoms with Crippen molar-refractivity contribution in [3.63, 3.8) is 0 Å². The number of hydrogen-bond donors (Lipinski definition) is 13. The molecule has 0 spiro atoms. The Labute approximate surface area is 565 Å². The highest BCUT2D eigenvalue weighted by atomic mass is 16.4. The second-order valence-corrected chi connectivity index (χ2v) is 23.8. The van der Waals surface area contributed by atoms with Crippen LogP contribution in [0.4, 0.5) is 39.9 Å². The van der Waals surface area contributed by atoms with Crippen LogP contribution in [0.3, 0.4) is 0 Å². The van der Waals surface area contributed by atoms with E-state index in [0.717, 1.165) is 13.1 Å². The lowest BCUT2D eigenvalue weighted by Gasteiger charge is -2.14. The number of carboxylic acids is 1. The van der Waals surface area contributed by atoms with Crippen molar-refractivity contribution in [1.29, 1.82) is 0 Å². The van der Waals surface area contributed by atoms with Gasteiger partial charge in [-0.2, -0.15) is 0 Å². The van der Waals surface area contributed by atoms with Gasteiger partial charge in [-0.05, 0) is 54.6 Å². The molecule has 1 aromatic carbocycles. The average molecular weight is 1360 g/mol. The summed E-state index contributed by atoms with van der Waals surface area (Å²) in [6.07, 6.45) is 15.5. The van der Waals surface area contributed by atoms with Crippen LogP contribution in [0.5, 0.6) is 0 Å². The Morgan fingerprint density at radius 2 is 0.798 bits per heavy atom. The average Bonchev–Trinajstić information content (AvgIpc) is 1.69. The minimum atomic E-state index is -1.11. The van der Waals surface area contributed by atoms with Gasteiger partial charge in [-0.3, -0.25) is 47.9 Å². The van der Waals surface area contributed by atoms with Gasteiger partial charge in [0.1, 0.15) is 34.2 Å². The fourth-order valence-corrected chi connectivity index (χ4v) is 10.7. The van der Waals surface area contributed by atoms with Gasteiger partial charge in [-0.1, -0.05) is 6.07 Å². The Hall–Kier alpha value is -12.6. The lowest BCUT2D eigenvalue weighted by Crippen LogP contribution is -3.09. The quantitative estimate of drug-likeness (QED) is 0.0294. The van der Waals surface area contributed by atoms with E-state index < -0.39 is 59.3 Å². The summed E-state index contributed by atoms with van der Waals surface area (Å²) in [6.45, 7) is 2.38. The predicted molar refractivity (Wildman–Crippen MR) is 363 cm³/mol. The van der Waals surface area contributed by atoms with Gasteiger partial charge >= 0.3 is 5.97 Å². The largest absolute Gasteiger partial charge is 0.478 e. The molecule has 0 aliphatic heterocycles. The third kappa shape index (κ3) is 17.7. The first-order valence-electron chi connectivity index (χ1n) is 31.1. The molecule has 0 bridgehead atoms. The van der Waals surface area contributed by atoms with Crippen LogP contribution in [0.15, 0.2) is 116 Å². The molecule has 10 amide bonds. The molecule has 0 fully saturated rings. The second-order valence-electron chi connectivity index (χ2n) is 23.8. The number of aryl methyl sites for hydroxylation is 8. The number of quaternary nitrogens is 2. The molecular formula is C65H78N22O12+2. The first kappa shape index (κ1) is 70.7. The van der Waals surface area contributed by atoms with Gasteiger partial charge in [0.15, 0.2) is 17.7 Å². The van der Waals surface area contributed by atoms with Crippen molar-refractivity contribution in [2.24, 2.45) is 56.4 Å². The van der Waals surface area contributed by atoms with Crippen LogP contribution in [0.1, 0.15) is 124 Å². The van der Waals surface area contributed by atoms with Gasteiger partial charge in [0.25, 0.3) is 59.1 Å². The first-order chi connectivity index (χ1) is 47.1. The van der Waals surface area contributed by atoms with E-state index in [2.05, 4.69) is 68.9 Å². The molecule has 9 rings (SSSR count). The fourth-order valence-electron chi connectivity index (χ4n) is 10.7. The van der Waals surface area contributed by atoms with E-state index >= 15 is 0 Å². The Kier molecular flexibility index (Phi) is 22.1. The Balaban J connectivity index is 0.674. The summed E-state index contributed by atoms with van der Waals surface area (Å²) in [5, 5.41) is 36.9. The number of imidazole rings is 2. The number of carbonyl (C=O) groups excluding carboxylic acids is 10. The standard InChI is InChI=1S/C65H76N22O12/c1-79(20-11-16-68-55(88)37-13-10-14-38(23-37)65(98)99)21-12-17-69-57(90)46-24-39(30-81(46)3)71-59(92)48-27-42(33-83(48)5)74-62(95)51-29-44(35-86(51)8)76-64(97)54-77-52(36-87(54)9)78-56(89)45(66)15-18-70-58(91)47-25-40(31-82(47)4)72-60(93)49-26-41(32-84(49)6)73-61(94)50-28-43(34-85(50)7)75-63(96)53-67-19-22-80(53)2/h10,13-14,19,22-36,45H,11-12,15-18,20-21,66H2,1-9H3,(H,68,88)(H,69,90)(H,70,91)(H,71,92)(H,72,93)(H,73,94)(H,74,95)(H,75,96)(H,76,97)(H,78,89)(H,98,99)/p+2/t45-/m1/s1. The minimum Gasteiger partial charge on any atom is -0.478 e. The normalized spacial score (nSPS) is 11.7. The molecule has 0 radical (unpaired) electrons. The van der Waals surface area contributed by atoms with E-state index in [1.807, 2.05) is 7.05 Å². The molecule has 34 nitrogen and oxygen atoms in total. The molecule has 0 saturated heterocycles. The van der Waals surface area contributed by atoms with Crippen molar-refractivity contribution in [3.05, 3.63) is 173 Å². The van der Waals surface area contributed by atoms with E-state index in [1.54, 1.807) is 119 Å². The Bertz CT molecular complexity index is 4600. The molecule has 0 saturated carbocycles. The van der Waals surface area contributed by atoms with Gasteiger partial charge in [0, 0.05) is 157 Å². The number of nitrogens with zero attached hydrogens (tertiary/aromatic N) is 10. The summed E-state index contributed by atoms with van der Waals surface area (Å²) < 4.78 is 12.2. The third-order valence-corrected chi connectivity index (χ3v) is 16.0. The van der Waals surface area contributed by atoms with Gasteiger partial charge in [0.2, 0.25) is 5.82 Å². The highest BCUT2D eigenvalue weighted by molar-refractivity contribution is 6.10. The van der Waals surface area contributed by atoms with Crippen molar-refractivity contribution in [1.82, 2.24) is 62.5 Å². The Morgan fingerprint density at radius 1 is 0.434 bits per heavy atom. The molecule has 518 valence electrons. The highest BCUT2D eigenvalue weighted by Gasteiger charge is 2.26. The summed E-state index contributed by atoms with van der Waals surface area (Å²) in [4.78, 5) is 153. The number of anilines is 7. The zero-order chi connectivity index (χ0) is 71.5. The topological polar surface area (TPSA) is 426 Å². The van der Waals surface area contributed by atoms with Gasteiger partial charge in [-0.25, -0.2) is 14.8 Å². The van der Waals surface area contributed by atoms with Crippen molar-refractivity contribution in [2.75, 3.05) is 77.0 Å². The summed E-state index contributed by atoms with van der Waals surface area (Å²) >= 11 is 0. The number of benzene rings is 1. The molecule has 1 unspecified atom stereocenters. The van der Waals surface area contributed by atoms with E-state index in [4.69, 9.17) is 0 Å². The first-order valence-corrected chi connectivity index (χ1v) is 31.1. The number of nitrogens with one attached hydrogen (secondary N) is 11. The maximum Gasteiger partial charge on any atom is 0.335 e. The lowest BCUT2D eigenvalue weighted by molar-refractivity contribution is -0.879. The van der Waals surface area contributed by atoms with Gasteiger partial charge in [-0.15, -0.1) is 0 Å². The summed E-state index contributed by atoms with van der Waals surface area (Å²) in [6, 6.07) is 14.0. The third-order valence-electron chi connectivity index (χ3n) is 16.0. The SMILES string of the molecule is Cn1cc(NC(=O)c2cc(NC(=O)c3cc(NC(=O)c4nc(NC(=O)[C@H]([NH3+])CCNC(=O)c5cc(NC(=O)c6cc(NC(=O)c7cc(NC(=O)c8nccn8C)cn7C)cn6C)cn5C)cn4C)cn3C)cn2C)cc1C(=O)NCCC[NH+](C)CCCNC(=O)c1cccc(C(=O)O)c1.